The number of hydrogen-bond donors (Lipinski definition) is 2. The minimum atomic E-state index is -3.17. The molecule has 0 spiro atoms. The molecule has 0 heterocycles. The zero-order valence-electron chi connectivity index (χ0n) is 25.8. The van der Waals surface area contributed by atoms with Gasteiger partial charge in [-0.3, -0.25) is 0 Å². The van der Waals surface area contributed by atoms with Crippen LogP contribution in [0.5, 0.6) is 0 Å². The molecular weight excluding hydrogens is 557 g/mol. The zero-order chi connectivity index (χ0) is 30.0. The SMILES string of the molecule is CN(C)CCCS(=O)(=NC(=O)Nc1c2c(cc3c1CCC3)CCC2)N[Si](c1ccccc1)(c1ccccc1)C(C)(C)C. The van der Waals surface area contributed by atoms with Gasteiger partial charge in [0, 0.05) is 11.4 Å². The van der Waals surface area contributed by atoms with E-state index in [1.54, 1.807) is 0 Å². The third kappa shape index (κ3) is 6.27. The molecule has 5 rings (SSSR count). The number of carbonyl (C=O) groups is 1. The van der Waals surface area contributed by atoms with Crippen molar-refractivity contribution < 1.29 is 9.00 Å². The number of nitrogens with one attached hydrogen (secondary N) is 2. The predicted octanol–water partition coefficient (Wildman–Crippen LogP) is 5.68. The van der Waals surface area contributed by atoms with Gasteiger partial charge < -0.3 is 10.2 Å². The predicted molar refractivity (Wildman–Crippen MR) is 179 cm³/mol. The van der Waals surface area contributed by atoms with E-state index in [9.17, 15) is 4.79 Å². The van der Waals surface area contributed by atoms with Crippen molar-refractivity contribution >= 4 is 40.2 Å². The second-order valence-electron chi connectivity index (χ2n) is 13.1. The van der Waals surface area contributed by atoms with Crippen molar-refractivity contribution in [3.63, 3.8) is 0 Å². The quantitative estimate of drug-likeness (QED) is 0.310. The topological polar surface area (TPSA) is 73.8 Å². The van der Waals surface area contributed by atoms with Gasteiger partial charge in [0.15, 0.2) is 0 Å². The van der Waals surface area contributed by atoms with Gasteiger partial charge in [-0.2, -0.15) is 0 Å². The molecule has 2 aliphatic rings. The molecule has 1 unspecified atom stereocenters. The largest absolute Gasteiger partial charge is 0.354 e. The van der Waals surface area contributed by atoms with Crippen LogP contribution in [-0.2, 0) is 35.6 Å². The maximum Gasteiger partial charge on any atom is 0.354 e. The van der Waals surface area contributed by atoms with Gasteiger partial charge in [-0.1, -0.05) is 87.5 Å². The molecule has 3 aromatic rings. The first-order valence-corrected chi connectivity index (χ1v) is 19.0. The number of aryl methyl sites for hydroxylation is 2. The molecule has 0 bridgehead atoms. The van der Waals surface area contributed by atoms with E-state index in [0.717, 1.165) is 61.1 Å². The van der Waals surface area contributed by atoms with E-state index in [-0.39, 0.29) is 10.8 Å². The number of fused-ring (bicyclic) bond motifs is 2. The lowest BCUT2D eigenvalue weighted by molar-refractivity contribution is 0.260. The van der Waals surface area contributed by atoms with Gasteiger partial charge in [-0.15, -0.1) is 4.36 Å². The molecule has 2 aliphatic carbocycles. The van der Waals surface area contributed by atoms with Crippen molar-refractivity contribution in [2.45, 2.75) is 70.8 Å². The normalized spacial score (nSPS) is 16.1. The highest BCUT2D eigenvalue weighted by Crippen LogP contribution is 2.39. The van der Waals surface area contributed by atoms with Gasteiger partial charge >= 0.3 is 6.03 Å². The smallest absolute Gasteiger partial charge is 0.309 e. The Morgan fingerprint density at radius 1 is 0.881 bits per heavy atom. The summed E-state index contributed by atoms with van der Waals surface area (Å²) in [6.07, 6.45) is 6.92. The average Bonchev–Trinajstić information content (AvgIpc) is 3.61. The molecule has 0 aromatic heterocycles. The molecule has 2 N–H and O–H groups in total. The van der Waals surface area contributed by atoms with Crippen LogP contribution in [0.1, 0.15) is 62.3 Å². The molecule has 0 aliphatic heterocycles. The van der Waals surface area contributed by atoms with Crippen molar-refractivity contribution in [2.24, 2.45) is 4.36 Å². The Bertz CT molecular complexity index is 1470. The number of rotatable bonds is 9. The van der Waals surface area contributed by atoms with Gasteiger partial charge in [0.1, 0.15) is 9.92 Å². The number of nitrogens with zero attached hydrogens (tertiary/aromatic N) is 2. The van der Waals surface area contributed by atoms with Crippen LogP contribution in [0.2, 0.25) is 5.04 Å². The summed E-state index contributed by atoms with van der Waals surface area (Å²) < 4.78 is 23.4. The van der Waals surface area contributed by atoms with E-state index in [1.165, 1.54) is 22.3 Å². The average molecular weight is 603 g/mol. The third-order valence-electron chi connectivity index (χ3n) is 8.81. The standard InChI is InChI=1S/C34H46N4O2SSi/c1-34(2,3)42(28-17-8-6-9-18-28,29-19-10-7-11-20-29)37-41(40,24-14-23-38(4)5)36-33(39)35-32-30-21-12-15-26(30)25-27-16-13-22-31(27)32/h6-11,17-20,25H,12-16,21-24H2,1-5H3,(H2,35,36,37,39,40). The Morgan fingerprint density at radius 2 is 1.40 bits per heavy atom. The number of hydrogen-bond acceptors (Lipinski definition) is 3. The van der Waals surface area contributed by atoms with Crippen LogP contribution in [0.25, 0.3) is 0 Å². The summed E-state index contributed by atoms with van der Waals surface area (Å²) >= 11 is 0. The van der Waals surface area contributed by atoms with Crippen LogP contribution in [0.4, 0.5) is 10.5 Å². The molecule has 0 saturated carbocycles. The van der Waals surface area contributed by atoms with Crippen LogP contribution < -0.4 is 20.1 Å². The van der Waals surface area contributed by atoms with E-state index in [1.807, 2.05) is 50.5 Å². The molecular formula is C34H46N4O2SSi. The number of benzene rings is 3. The van der Waals surface area contributed by atoms with E-state index in [2.05, 4.69) is 70.1 Å². The lowest BCUT2D eigenvalue weighted by atomic mass is 9.99. The van der Waals surface area contributed by atoms with Gasteiger partial charge in [-0.05, 0) is 103 Å². The molecule has 2 amide bonds. The molecule has 42 heavy (non-hydrogen) atoms. The molecule has 0 radical (unpaired) electrons. The first kappa shape index (κ1) is 30.7. The molecule has 224 valence electrons. The van der Waals surface area contributed by atoms with E-state index >= 15 is 4.21 Å². The molecule has 3 aromatic carbocycles. The van der Waals surface area contributed by atoms with Crippen molar-refractivity contribution in [3.8, 4) is 0 Å². The molecule has 0 fully saturated rings. The van der Waals surface area contributed by atoms with E-state index in [4.69, 9.17) is 0 Å². The summed E-state index contributed by atoms with van der Waals surface area (Å²) in [5, 5.41) is 5.14. The fraction of sp³-hybridized carbons (Fsp3) is 0.441. The first-order chi connectivity index (χ1) is 20.0. The maximum absolute atomic E-state index is 15.1. The van der Waals surface area contributed by atoms with E-state index < -0.39 is 24.2 Å². The first-order valence-electron chi connectivity index (χ1n) is 15.3. The lowest BCUT2D eigenvalue weighted by Gasteiger charge is -2.44. The Morgan fingerprint density at radius 3 is 1.88 bits per heavy atom. The highest BCUT2D eigenvalue weighted by molar-refractivity contribution is 7.93. The number of amides is 2. The third-order valence-corrected chi connectivity index (χ3v) is 17.3. The van der Waals surface area contributed by atoms with E-state index in [0.29, 0.717) is 6.42 Å². The monoisotopic (exact) mass is 602 g/mol. The Kier molecular flexibility index (Phi) is 9.09. The summed E-state index contributed by atoms with van der Waals surface area (Å²) in [4.78, 5) is 15.9. The van der Waals surface area contributed by atoms with Gasteiger partial charge in [0.25, 0.3) is 0 Å². The molecule has 8 heteroatoms. The highest BCUT2D eigenvalue weighted by atomic mass is 32.2. The summed E-state index contributed by atoms with van der Waals surface area (Å²) in [5.74, 6) is 0.286. The summed E-state index contributed by atoms with van der Waals surface area (Å²) in [6, 6.07) is 22.6. The maximum atomic E-state index is 15.1. The minimum absolute atomic E-state index is 0.285. The van der Waals surface area contributed by atoms with Crippen molar-refractivity contribution in [1.29, 1.82) is 0 Å². The van der Waals surface area contributed by atoms with Crippen LogP contribution in [0.3, 0.4) is 0 Å². The van der Waals surface area contributed by atoms with Crippen LogP contribution >= 0.6 is 0 Å². The second kappa shape index (κ2) is 12.4. The molecule has 1 atom stereocenters. The van der Waals surface area contributed by atoms with Gasteiger partial charge in [-0.25, -0.2) is 13.4 Å². The summed E-state index contributed by atoms with van der Waals surface area (Å²) in [5.41, 5.74) is 6.13. The minimum Gasteiger partial charge on any atom is -0.309 e. The van der Waals surface area contributed by atoms with Gasteiger partial charge in [0.2, 0.25) is 8.24 Å². The number of urea groups is 1. The van der Waals surface area contributed by atoms with Crippen LogP contribution in [-0.4, -0.2) is 49.8 Å². The lowest BCUT2D eigenvalue weighted by Crippen LogP contribution is -2.75. The summed E-state index contributed by atoms with van der Waals surface area (Å²) in [7, 11) is -2.11. The highest BCUT2D eigenvalue weighted by Gasteiger charge is 2.50. The Balaban J connectivity index is 1.61. The van der Waals surface area contributed by atoms with Crippen molar-refractivity contribution in [1.82, 2.24) is 9.29 Å². The fourth-order valence-electron chi connectivity index (χ4n) is 6.85. The van der Waals surface area contributed by atoms with Crippen molar-refractivity contribution in [3.05, 3.63) is 89.0 Å². The fourth-order valence-corrected chi connectivity index (χ4v) is 15.9. The number of carbonyl (C=O) groups excluding carboxylic acids is 1. The zero-order valence-corrected chi connectivity index (χ0v) is 27.7. The van der Waals surface area contributed by atoms with Gasteiger partial charge in [0.05, 0.1) is 0 Å². The molecule has 0 saturated heterocycles. The van der Waals surface area contributed by atoms with Crippen LogP contribution in [0, 0.1) is 0 Å². The van der Waals surface area contributed by atoms with Crippen molar-refractivity contribution in [2.75, 3.05) is 31.7 Å². The summed E-state index contributed by atoms with van der Waals surface area (Å²) in [6.45, 7) is 7.39. The Hall–Kier alpha value is -2.78. The Labute approximate surface area is 253 Å². The molecule has 6 nitrogen and oxygen atoms in total. The van der Waals surface area contributed by atoms with Crippen LogP contribution in [0.15, 0.2) is 71.1 Å². The second-order valence-corrected chi connectivity index (χ2v) is 19.9. The number of anilines is 1.